The van der Waals surface area contributed by atoms with Gasteiger partial charge in [-0.25, -0.2) is 9.78 Å². The van der Waals surface area contributed by atoms with Gasteiger partial charge in [-0.2, -0.15) is 0 Å². The number of nitrogens with two attached hydrogens (primary N) is 1. The highest BCUT2D eigenvalue weighted by molar-refractivity contribution is 5.94. The second kappa shape index (κ2) is 10.9. The maximum Gasteiger partial charge on any atom is 0.357 e. The Balaban J connectivity index is 1.52. The van der Waals surface area contributed by atoms with Crippen LogP contribution >= 0.6 is 0 Å². The summed E-state index contributed by atoms with van der Waals surface area (Å²) in [5.41, 5.74) is 11.0. The molecule has 0 spiro atoms. The lowest BCUT2D eigenvalue weighted by molar-refractivity contribution is -0.136. The van der Waals surface area contributed by atoms with Gasteiger partial charge in [0, 0.05) is 18.5 Å². The van der Waals surface area contributed by atoms with Gasteiger partial charge in [0.1, 0.15) is 17.3 Å². The lowest BCUT2D eigenvalue weighted by atomic mass is 9.92. The molecule has 1 aliphatic rings. The number of ether oxygens (including phenoxy) is 1. The minimum Gasteiger partial charge on any atom is -0.508 e. The van der Waals surface area contributed by atoms with E-state index in [-0.39, 0.29) is 24.0 Å². The van der Waals surface area contributed by atoms with Gasteiger partial charge in [-0.3, -0.25) is 4.79 Å². The van der Waals surface area contributed by atoms with Crippen LogP contribution in [0.4, 0.5) is 0 Å². The number of H-pyrrole nitrogens is 1. The van der Waals surface area contributed by atoms with Gasteiger partial charge < -0.3 is 25.5 Å². The molecule has 0 bridgehead atoms. The Morgan fingerprint density at radius 3 is 2.45 bits per heavy atom. The number of hydrogen-bond acceptors (Lipinski definition) is 6. The van der Waals surface area contributed by atoms with Gasteiger partial charge >= 0.3 is 5.97 Å². The summed E-state index contributed by atoms with van der Waals surface area (Å²) in [6, 6.07) is 22.9. The Bertz CT molecular complexity index is 1430. The number of aromatic hydroxyl groups is 1. The number of carbonyl (C=O) groups is 2. The maximum absolute atomic E-state index is 13.8. The number of aromatic amines is 1. The quantitative estimate of drug-likeness (QED) is 0.321. The van der Waals surface area contributed by atoms with E-state index in [0.29, 0.717) is 30.9 Å². The number of phenolic OH excluding ortho intramolecular Hbond substituents is 1. The number of nitrogens with zero attached hydrogens (tertiary/aromatic N) is 2. The normalized spacial score (nSPS) is 15.5. The Morgan fingerprint density at radius 1 is 1.05 bits per heavy atom. The lowest BCUT2D eigenvalue weighted by Gasteiger charge is -2.37. The zero-order valence-corrected chi connectivity index (χ0v) is 21.1. The van der Waals surface area contributed by atoms with Crippen LogP contribution in [0.3, 0.4) is 0 Å². The molecule has 0 aliphatic carbocycles. The smallest absolute Gasteiger partial charge is 0.357 e. The minimum atomic E-state index is -0.791. The molecule has 1 aliphatic heterocycles. The Kier molecular flexibility index (Phi) is 7.24. The summed E-state index contributed by atoms with van der Waals surface area (Å²) in [7, 11) is 0. The molecule has 3 aromatic carbocycles. The van der Waals surface area contributed by atoms with Crippen molar-refractivity contribution in [2.45, 2.75) is 38.4 Å². The van der Waals surface area contributed by atoms with Crippen molar-refractivity contribution in [1.82, 2.24) is 14.9 Å². The fourth-order valence-corrected chi connectivity index (χ4v) is 4.89. The average molecular weight is 511 g/mol. The molecule has 2 atom stereocenters. The highest BCUT2D eigenvalue weighted by atomic mass is 16.5. The van der Waals surface area contributed by atoms with Crippen molar-refractivity contribution in [1.29, 1.82) is 0 Å². The standard InChI is InChI=1S/C30H30N4O4/c1-2-38-30(37)27-26(20-8-4-3-5-9-20)32-28(33-27)25-17-21-10-6-7-11-22(21)18-34(25)29(36)24(31)16-19-12-14-23(35)15-13-19/h3-15,24-25,35H,2,16-18,31H2,1H3,(H,32,33)/t24-,25-/m0/s1. The molecule has 8 nitrogen and oxygen atoms in total. The molecule has 2 heterocycles. The summed E-state index contributed by atoms with van der Waals surface area (Å²) in [5.74, 6) is -0.0477. The van der Waals surface area contributed by atoms with Crippen molar-refractivity contribution in [2.24, 2.45) is 5.73 Å². The number of fused-ring (bicyclic) bond motifs is 1. The van der Waals surface area contributed by atoms with E-state index in [4.69, 9.17) is 15.5 Å². The van der Waals surface area contributed by atoms with Crippen LogP contribution in [0.1, 0.15) is 46.0 Å². The molecule has 4 N–H and O–H groups in total. The molecular formula is C30H30N4O4. The van der Waals surface area contributed by atoms with E-state index in [1.165, 1.54) is 0 Å². The Hall–Kier alpha value is -4.43. The SMILES string of the molecule is CCOC(=O)c1[nH]c([C@@H]2Cc3ccccc3CN2C(=O)[C@@H](N)Cc2ccc(O)cc2)nc1-c1ccccc1. The first-order chi connectivity index (χ1) is 18.4. The first-order valence-corrected chi connectivity index (χ1v) is 12.7. The maximum atomic E-state index is 13.8. The number of aromatic nitrogens is 2. The van der Waals surface area contributed by atoms with Gasteiger partial charge in [-0.05, 0) is 42.2 Å². The van der Waals surface area contributed by atoms with Crippen molar-refractivity contribution in [3.63, 3.8) is 0 Å². The highest BCUT2D eigenvalue weighted by Crippen LogP contribution is 2.35. The molecule has 0 radical (unpaired) electrons. The van der Waals surface area contributed by atoms with E-state index in [1.54, 1.807) is 36.1 Å². The molecule has 0 saturated heterocycles. The zero-order chi connectivity index (χ0) is 26.6. The zero-order valence-electron chi connectivity index (χ0n) is 21.1. The molecule has 0 unspecified atom stereocenters. The van der Waals surface area contributed by atoms with Crippen LogP contribution in [0.25, 0.3) is 11.3 Å². The van der Waals surface area contributed by atoms with Crippen molar-refractivity contribution in [3.8, 4) is 17.0 Å². The summed E-state index contributed by atoms with van der Waals surface area (Å²) >= 11 is 0. The van der Waals surface area contributed by atoms with Crippen molar-refractivity contribution < 1.29 is 19.4 Å². The van der Waals surface area contributed by atoms with Crippen molar-refractivity contribution in [2.75, 3.05) is 6.61 Å². The third-order valence-corrected chi connectivity index (χ3v) is 6.81. The summed E-state index contributed by atoms with van der Waals surface area (Å²) in [5, 5.41) is 9.59. The predicted octanol–water partition coefficient (Wildman–Crippen LogP) is 4.16. The second-order valence-electron chi connectivity index (χ2n) is 9.36. The predicted molar refractivity (Wildman–Crippen MR) is 143 cm³/mol. The molecule has 194 valence electrons. The van der Waals surface area contributed by atoms with Crippen LogP contribution < -0.4 is 5.73 Å². The van der Waals surface area contributed by atoms with Crippen LogP contribution in [0.5, 0.6) is 5.75 Å². The van der Waals surface area contributed by atoms with Gasteiger partial charge in [0.2, 0.25) is 5.91 Å². The summed E-state index contributed by atoms with van der Waals surface area (Å²) in [4.78, 5) is 36.4. The third-order valence-electron chi connectivity index (χ3n) is 6.81. The van der Waals surface area contributed by atoms with Crippen LogP contribution in [0, 0.1) is 0 Å². The first kappa shape index (κ1) is 25.2. The van der Waals surface area contributed by atoms with Crippen LogP contribution in [0.2, 0.25) is 0 Å². The number of carbonyl (C=O) groups excluding carboxylic acids is 2. The van der Waals surface area contributed by atoms with Crippen molar-refractivity contribution in [3.05, 3.63) is 107 Å². The summed E-state index contributed by atoms with van der Waals surface area (Å²) in [6.45, 7) is 2.36. The van der Waals surface area contributed by atoms with Gasteiger partial charge in [-0.1, -0.05) is 66.7 Å². The molecule has 8 heteroatoms. The molecule has 38 heavy (non-hydrogen) atoms. The second-order valence-corrected chi connectivity index (χ2v) is 9.36. The van der Waals surface area contributed by atoms with E-state index in [1.807, 2.05) is 54.6 Å². The number of nitrogens with one attached hydrogen (secondary N) is 1. The fraction of sp³-hybridized carbons (Fsp3) is 0.233. The molecule has 0 saturated carbocycles. The lowest BCUT2D eigenvalue weighted by Crippen LogP contribution is -2.48. The Morgan fingerprint density at radius 2 is 1.74 bits per heavy atom. The van der Waals surface area contributed by atoms with E-state index in [0.717, 1.165) is 22.3 Å². The summed E-state index contributed by atoms with van der Waals surface area (Å²) in [6.07, 6.45) is 0.851. The minimum absolute atomic E-state index is 0.158. The Labute approximate surface area is 221 Å². The number of benzene rings is 3. The van der Waals surface area contributed by atoms with Crippen molar-refractivity contribution >= 4 is 11.9 Å². The van der Waals surface area contributed by atoms with Gasteiger partial charge in [0.15, 0.2) is 5.69 Å². The number of hydrogen-bond donors (Lipinski definition) is 3. The van der Waals surface area contributed by atoms with Crippen LogP contribution in [-0.4, -0.2) is 44.5 Å². The monoisotopic (exact) mass is 510 g/mol. The molecule has 0 fully saturated rings. The summed E-state index contributed by atoms with van der Waals surface area (Å²) < 4.78 is 5.31. The number of rotatable bonds is 7. The molecule has 5 rings (SSSR count). The van der Waals surface area contributed by atoms with E-state index >= 15 is 0 Å². The number of esters is 1. The van der Waals surface area contributed by atoms with E-state index < -0.39 is 18.1 Å². The van der Waals surface area contributed by atoms with E-state index in [9.17, 15) is 14.7 Å². The number of phenols is 1. The van der Waals surface area contributed by atoms with Crippen LogP contribution in [0.15, 0.2) is 78.9 Å². The number of imidazole rings is 1. The molecule has 1 aromatic heterocycles. The largest absolute Gasteiger partial charge is 0.508 e. The van der Waals surface area contributed by atoms with Gasteiger partial charge in [0.05, 0.1) is 18.7 Å². The molecular weight excluding hydrogens is 480 g/mol. The average Bonchev–Trinajstić information content (AvgIpc) is 3.39. The molecule has 4 aromatic rings. The highest BCUT2D eigenvalue weighted by Gasteiger charge is 2.36. The number of amides is 1. The molecule has 1 amide bonds. The fourth-order valence-electron chi connectivity index (χ4n) is 4.89. The topological polar surface area (TPSA) is 122 Å². The van der Waals surface area contributed by atoms with Gasteiger partial charge in [-0.15, -0.1) is 0 Å². The van der Waals surface area contributed by atoms with E-state index in [2.05, 4.69) is 4.98 Å². The van der Waals surface area contributed by atoms with Gasteiger partial charge in [0.25, 0.3) is 0 Å². The third kappa shape index (κ3) is 5.17. The van der Waals surface area contributed by atoms with Crippen LogP contribution in [-0.2, 0) is 28.9 Å². The first-order valence-electron chi connectivity index (χ1n) is 12.7.